The minimum absolute atomic E-state index is 0.124. The van der Waals surface area contributed by atoms with Crippen LogP contribution in [-0.4, -0.2) is 10.2 Å². The van der Waals surface area contributed by atoms with Crippen LogP contribution in [-0.2, 0) is 5.41 Å². The number of aromatic hydroxyl groups is 2. The van der Waals surface area contributed by atoms with Crippen LogP contribution in [0.15, 0.2) is 48.5 Å². The van der Waals surface area contributed by atoms with Crippen molar-refractivity contribution in [3.8, 4) is 22.6 Å². The molecule has 0 saturated heterocycles. The molecule has 0 atom stereocenters. The molecule has 0 unspecified atom stereocenters. The molecule has 3 aromatic carbocycles. The van der Waals surface area contributed by atoms with Gasteiger partial charge in [-0.15, -0.1) is 0 Å². The average Bonchev–Trinajstić information content (AvgIpc) is 2.95. The number of hydrogen-bond donors (Lipinski definition) is 2. The van der Waals surface area contributed by atoms with Crippen molar-refractivity contribution in [3.05, 3.63) is 81.9 Å². The normalized spacial score (nSPS) is 13.2. The van der Waals surface area contributed by atoms with E-state index < -0.39 is 0 Å². The highest BCUT2D eigenvalue weighted by atomic mass is 16.3. The summed E-state index contributed by atoms with van der Waals surface area (Å²) in [6, 6.07) is 16.7. The van der Waals surface area contributed by atoms with E-state index in [4.69, 9.17) is 5.11 Å². The molecule has 0 heterocycles. The summed E-state index contributed by atoms with van der Waals surface area (Å²) in [7, 11) is 0. The van der Waals surface area contributed by atoms with Gasteiger partial charge in [0, 0.05) is 5.41 Å². The first-order chi connectivity index (χ1) is 14.7. The third-order valence-corrected chi connectivity index (χ3v) is 6.55. The van der Waals surface area contributed by atoms with E-state index >= 15 is 0 Å². The SMILES string of the molecule is CCCC1(CCC)c2cc(C)ccc2-c2cc(O)c(C)cc21.Cc1ccc(C)c(O)c1. The molecule has 0 amide bonds. The number of fused-ring (bicyclic) bond motifs is 3. The molecule has 0 radical (unpaired) electrons. The topological polar surface area (TPSA) is 40.5 Å². The summed E-state index contributed by atoms with van der Waals surface area (Å²) in [5, 5.41) is 19.3. The zero-order chi connectivity index (χ0) is 22.8. The highest BCUT2D eigenvalue weighted by Crippen LogP contribution is 2.55. The van der Waals surface area contributed by atoms with Crippen LogP contribution in [0.2, 0.25) is 0 Å². The second kappa shape index (κ2) is 9.18. The summed E-state index contributed by atoms with van der Waals surface area (Å²) in [5.74, 6) is 0.795. The van der Waals surface area contributed by atoms with Gasteiger partial charge in [-0.05, 0) is 91.6 Å². The minimum atomic E-state index is 0.124. The maximum Gasteiger partial charge on any atom is 0.119 e. The maximum atomic E-state index is 10.2. The lowest BCUT2D eigenvalue weighted by molar-refractivity contribution is 0.433. The number of phenols is 2. The largest absolute Gasteiger partial charge is 0.508 e. The lowest BCUT2D eigenvalue weighted by Crippen LogP contribution is -2.25. The van der Waals surface area contributed by atoms with Crippen LogP contribution in [0, 0.1) is 27.7 Å². The second-order valence-corrected chi connectivity index (χ2v) is 9.11. The predicted molar refractivity (Wildman–Crippen MR) is 131 cm³/mol. The molecule has 2 heteroatoms. The molecule has 0 fully saturated rings. The van der Waals surface area contributed by atoms with Crippen LogP contribution in [0.25, 0.3) is 11.1 Å². The molecule has 0 aromatic heterocycles. The molecule has 4 rings (SSSR count). The van der Waals surface area contributed by atoms with Gasteiger partial charge in [0.15, 0.2) is 0 Å². The summed E-state index contributed by atoms with van der Waals surface area (Å²) in [6.07, 6.45) is 4.70. The fourth-order valence-corrected chi connectivity index (χ4v) is 4.99. The summed E-state index contributed by atoms with van der Waals surface area (Å²) >= 11 is 0. The van der Waals surface area contributed by atoms with Gasteiger partial charge in [-0.3, -0.25) is 0 Å². The third kappa shape index (κ3) is 4.35. The molecule has 0 bridgehead atoms. The van der Waals surface area contributed by atoms with E-state index in [2.05, 4.69) is 45.0 Å². The van der Waals surface area contributed by atoms with Crippen molar-refractivity contribution in [3.63, 3.8) is 0 Å². The smallest absolute Gasteiger partial charge is 0.119 e. The Labute approximate surface area is 187 Å². The van der Waals surface area contributed by atoms with Gasteiger partial charge in [0.25, 0.3) is 0 Å². The molecule has 2 N–H and O–H groups in total. The Hall–Kier alpha value is -2.74. The van der Waals surface area contributed by atoms with Gasteiger partial charge in [-0.1, -0.05) is 68.7 Å². The minimum Gasteiger partial charge on any atom is -0.508 e. The van der Waals surface area contributed by atoms with E-state index in [9.17, 15) is 5.11 Å². The molecule has 0 aliphatic heterocycles. The number of hydrogen-bond acceptors (Lipinski definition) is 2. The number of rotatable bonds is 4. The zero-order valence-electron chi connectivity index (χ0n) is 19.8. The molecule has 164 valence electrons. The second-order valence-electron chi connectivity index (χ2n) is 9.11. The molecular formula is C29H36O2. The summed E-state index contributed by atoms with van der Waals surface area (Å²) in [4.78, 5) is 0. The van der Waals surface area contributed by atoms with Gasteiger partial charge in [-0.25, -0.2) is 0 Å². The lowest BCUT2D eigenvalue weighted by atomic mass is 9.71. The third-order valence-electron chi connectivity index (χ3n) is 6.55. The highest BCUT2D eigenvalue weighted by molar-refractivity contribution is 5.82. The fourth-order valence-electron chi connectivity index (χ4n) is 4.99. The van der Waals surface area contributed by atoms with Gasteiger partial charge in [0.2, 0.25) is 0 Å². The molecule has 0 spiro atoms. The van der Waals surface area contributed by atoms with Crippen LogP contribution in [0.1, 0.15) is 72.9 Å². The van der Waals surface area contributed by atoms with Crippen LogP contribution >= 0.6 is 0 Å². The monoisotopic (exact) mass is 416 g/mol. The van der Waals surface area contributed by atoms with Crippen molar-refractivity contribution in [1.82, 2.24) is 0 Å². The number of phenolic OH excluding ortho intramolecular Hbond substituents is 2. The fraction of sp³-hybridized carbons (Fsp3) is 0.379. The standard InChI is InChI=1S/C21H26O.C8H10O/c1-5-9-21(10-6-2)18-11-14(3)7-8-16(18)17-13-20(22)15(4)12-19(17)21;1-6-3-4-7(2)8(9)5-6/h7-8,11-13,22H,5-6,9-10H2,1-4H3;3-5,9H,1-2H3. The predicted octanol–water partition coefficient (Wildman–Crippen LogP) is 7.88. The quantitative estimate of drug-likeness (QED) is 0.454. The van der Waals surface area contributed by atoms with Gasteiger partial charge >= 0.3 is 0 Å². The maximum absolute atomic E-state index is 10.2. The average molecular weight is 417 g/mol. The number of benzene rings is 3. The molecule has 1 aliphatic rings. The van der Waals surface area contributed by atoms with Gasteiger partial charge in [-0.2, -0.15) is 0 Å². The van der Waals surface area contributed by atoms with Crippen LogP contribution in [0.4, 0.5) is 0 Å². The van der Waals surface area contributed by atoms with E-state index in [-0.39, 0.29) is 5.41 Å². The molecule has 31 heavy (non-hydrogen) atoms. The lowest BCUT2D eigenvalue weighted by Gasteiger charge is -2.32. The molecule has 2 nitrogen and oxygen atoms in total. The molecule has 0 saturated carbocycles. The first kappa shape index (κ1) is 22.9. The van der Waals surface area contributed by atoms with E-state index in [0.29, 0.717) is 11.5 Å². The summed E-state index contributed by atoms with van der Waals surface area (Å²) < 4.78 is 0. The van der Waals surface area contributed by atoms with Gasteiger partial charge in [0.05, 0.1) is 0 Å². The Morgan fingerprint density at radius 3 is 1.74 bits per heavy atom. The highest BCUT2D eigenvalue weighted by Gasteiger charge is 2.42. The van der Waals surface area contributed by atoms with Gasteiger partial charge in [0.1, 0.15) is 11.5 Å². The van der Waals surface area contributed by atoms with E-state index in [0.717, 1.165) is 16.7 Å². The molecular weight excluding hydrogens is 380 g/mol. The Bertz CT molecular complexity index is 1070. The Balaban J connectivity index is 0.000000254. The molecule has 1 aliphatic carbocycles. The van der Waals surface area contributed by atoms with Crippen molar-refractivity contribution in [2.75, 3.05) is 0 Å². The van der Waals surface area contributed by atoms with Crippen molar-refractivity contribution < 1.29 is 10.2 Å². The van der Waals surface area contributed by atoms with E-state index in [1.54, 1.807) is 6.07 Å². The van der Waals surface area contributed by atoms with Crippen molar-refractivity contribution in [1.29, 1.82) is 0 Å². The van der Waals surface area contributed by atoms with Crippen molar-refractivity contribution >= 4 is 0 Å². The Morgan fingerprint density at radius 2 is 1.16 bits per heavy atom. The van der Waals surface area contributed by atoms with Crippen LogP contribution < -0.4 is 0 Å². The first-order valence-corrected chi connectivity index (χ1v) is 11.4. The van der Waals surface area contributed by atoms with Crippen LogP contribution in [0.5, 0.6) is 11.5 Å². The summed E-state index contributed by atoms with van der Waals surface area (Å²) in [5.41, 5.74) is 9.90. The van der Waals surface area contributed by atoms with Gasteiger partial charge < -0.3 is 10.2 Å². The number of aryl methyl sites for hydroxylation is 4. The van der Waals surface area contributed by atoms with Crippen molar-refractivity contribution in [2.45, 2.75) is 72.6 Å². The Kier molecular flexibility index (Phi) is 6.79. The summed E-state index contributed by atoms with van der Waals surface area (Å²) in [6.45, 7) is 12.6. The van der Waals surface area contributed by atoms with E-state index in [1.165, 1.54) is 53.5 Å². The molecule has 3 aromatic rings. The first-order valence-electron chi connectivity index (χ1n) is 11.4. The Morgan fingerprint density at radius 1 is 0.613 bits per heavy atom. The van der Waals surface area contributed by atoms with E-state index in [1.807, 2.05) is 39.0 Å². The van der Waals surface area contributed by atoms with Crippen molar-refractivity contribution in [2.24, 2.45) is 0 Å². The zero-order valence-corrected chi connectivity index (χ0v) is 19.8. The van der Waals surface area contributed by atoms with Crippen LogP contribution in [0.3, 0.4) is 0 Å².